The van der Waals surface area contributed by atoms with Crippen molar-refractivity contribution in [3.8, 4) is 17.2 Å². The molecule has 0 heterocycles. The predicted octanol–water partition coefficient (Wildman–Crippen LogP) is 7.58. The molecule has 0 bridgehead atoms. The molecule has 0 aliphatic heterocycles. The number of allylic oxidation sites excluding steroid dienone is 3. The van der Waals surface area contributed by atoms with Crippen LogP contribution < -0.4 is 5.73 Å². The second-order valence-electron chi connectivity index (χ2n) is 7.89. The fraction of sp³-hybridized carbons (Fsp3) is 0.0333. The monoisotopic (exact) mass is 410 g/mol. The second kappa shape index (κ2) is 8.06. The molecule has 0 radical (unpaired) electrons. The molecule has 0 unspecified atom stereocenters. The highest BCUT2D eigenvalue weighted by Gasteiger charge is 2.10. The van der Waals surface area contributed by atoms with Crippen LogP contribution in [0.5, 0.6) is 0 Å². The molecule has 0 saturated carbocycles. The van der Waals surface area contributed by atoms with Crippen LogP contribution in [0.3, 0.4) is 0 Å². The Hall–Kier alpha value is -4.35. The van der Waals surface area contributed by atoms with Gasteiger partial charge in [-0.25, -0.2) is 0 Å². The summed E-state index contributed by atoms with van der Waals surface area (Å²) >= 11 is 0. The van der Waals surface area contributed by atoms with E-state index in [4.69, 9.17) is 5.73 Å². The molecule has 5 aromatic rings. The zero-order chi connectivity index (χ0) is 22.1. The van der Waals surface area contributed by atoms with Crippen molar-refractivity contribution in [2.24, 2.45) is 5.73 Å². The molecular formula is C30H22N2. The summed E-state index contributed by atoms with van der Waals surface area (Å²) in [7, 11) is 0. The van der Waals surface area contributed by atoms with Gasteiger partial charge in [-0.2, -0.15) is 5.26 Å². The molecule has 32 heavy (non-hydrogen) atoms. The van der Waals surface area contributed by atoms with Crippen LogP contribution >= 0.6 is 0 Å². The van der Waals surface area contributed by atoms with E-state index in [1.54, 1.807) is 12.2 Å². The highest BCUT2D eigenvalue weighted by atomic mass is 14.6. The van der Waals surface area contributed by atoms with Gasteiger partial charge in [0.15, 0.2) is 0 Å². The zero-order valence-electron chi connectivity index (χ0n) is 17.8. The Morgan fingerprint density at radius 3 is 1.84 bits per heavy atom. The van der Waals surface area contributed by atoms with Gasteiger partial charge in [-0.15, -0.1) is 0 Å². The van der Waals surface area contributed by atoms with Crippen LogP contribution in [0.4, 0.5) is 0 Å². The van der Waals surface area contributed by atoms with Crippen molar-refractivity contribution in [1.29, 1.82) is 5.26 Å². The number of nitriles is 1. The fourth-order valence-corrected chi connectivity index (χ4v) is 4.40. The predicted molar refractivity (Wildman–Crippen MR) is 136 cm³/mol. The normalized spacial score (nSPS) is 12.4. The molecule has 2 N–H and O–H groups in total. The fourth-order valence-electron chi connectivity index (χ4n) is 4.40. The average Bonchev–Trinajstić information content (AvgIpc) is 2.87. The largest absolute Gasteiger partial charge is 0.398 e. The molecule has 0 fully saturated rings. The minimum Gasteiger partial charge on any atom is -0.398 e. The number of nitrogens with zero attached hydrogens (tertiary/aromatic N) is 1. The first-order valence-corrected chi connectivity index (χ1v) is 10.7. The van der Waals surface area contributed by atoms with Crippen LogP contribution in [0.15, 0.2) is 109 Å². The lowest BCUT2D eigenvalue weighted by atomic mass is 9.91. The van der Waals surface area contributed by atoms with Gasteiger partial charge in [0.1, 0.15) is 0 Å². The third kappa shape index (κ3) is 3.31. The SMILES string of the molecule is C/C=C(C#N)\C=C(/N)c1cccc(-c2ccc3c4ccccc4c4ccccc4c3c2)c1. The lowest BCUT2D eigenvalue weighted by Crippen LogP contribution is -1.97. The van der Waals surface area contributed by atoms with E-state index in [2.05, 4.69) is 84.9 Å². The molecule has 0 atom stereocenters. The van der Waals surface area contributed by atoms with Crippen LogP contribution in [-0.2, 0) is 0 Å². The Bertz CT molecular complexity index is 1560. The van der Waals surface area contributed by atoms with Crippen molar-refractivity contribution in [2.45, 2.75) is 6.92 Å². The molecule has 5 rings (SSSR count). The molecule has 0 amide bonds. The first-order chi connectivity index (χ1) is 15.7. The van der Waals surface area contributed by atoms with Crippen LogP contribution in [0.25, 0.3) is 49.1 Å². The first-order valence-electron chi connectivity index (χ1n) is 10.7. The van der Waals surface area contributed by atoms with Crippen molar-refractivity contribution in [3.05, 3.63) is 114 Å². The van der Waals surface area contributed by atoms with Gasteiger partial charge < -0.3 is 5.73 Å². The maximum atomic E-state index is 9.20. The van der Waals surface area contributed by atoms with Crippen molar-refractivity contribution in [2.75, 3.05) is 0 Å². The van der Waals surface area contributed by atoms with Crippen molar-refractivity contribution in [3.63, 3.8) is 0 Å². The molecular weight excluding hydrogens is 388 g/mol. The van der Waals surface area contributed by atoms with E-state index in [0.717, 1.165) is 16.7 Å². The molecule has 2 heteroatoms. The number of nitrogens with two attached hydrogens (primary N) is 1. The Morgan fingerprint density at radius 2 is 1.25 bits per heavy atom. The van der Waals surface area contributed by atoms with Crippen LogP contribution in [0.1, 0.15) is 12.5 Å². The Labute approximate surface area is 187 Å². The van der Waals surface area contributed by atoms with Gasteiger partial charge in [-0.1, -0.05) is 84.9 Å². The summed E-state index contributed by atoms with van der Waals surface area (Å²) in [6.07, 6.45) is 3.48. The van der Waals surface area contributed by atoms with Gasteiger partial charge in [0.2, 0.25) is 0 Å². The van der Waals surface area contributed by atoms with Gasteiger partial charge >= 0.3 is 0 Å². The van der Waals surface area contributed by atoms with Crippen LogP contribution in [-0.4, -0.2) is 0 Å². The van der Waals surface area contributed by atoms with Gasteiger partial charge in [-0.3, -0.25) is 0 Å². The van der Waals surface area contributed by atoms with Crippen LogP contribution in [0, 0.1) is 11.3 Å². The van der Waals surface area contributed by atoms with E-state index in [1.165, 1.54) is 32.3 Å². The number of rotatable bonds is 3. The first kappa shape index (κ1) is 19.6. The van der Waals surface area contributed by atoms with Crippen molar-refractivity contribution >= 4 is 38.0 Å². The third-order valence-corrected chi connectivity index (χ3v) is 6.02. The van der Waals surface area contributed by atoms with Gasteiger partial charge in [0.25, 0.3) is 0 Å². The second-order valence-corrected chi connectivity index (χ2v) is 7.89. The molecule has 152 valence electrons. The maximum absolute atomic E-state index is 9.20. The van der Waals surface area contributed by atoms with E-state index < -0.39 is 0 Å². The summed E-state index contributed by atoms with van der Waals surface area (Å²) in [5.41, 5.74) is 10.6. The highest BCUT2D eigenvalue weighted by molar-refractivity contribution is 6.25. The smallest absolute Gasteiger partial charge is 0.0988 e. The molecule has 5 aromatic carbocycles. The van der Waals surface area contributed by atoms with E-state index in [-0.39, 0.29) is 0 Å². The minimum atomic E-state index is 0.553. The van der Waals surface area contributed by atoms with Gasteiger partial charge in [0, 0.05) is 11.3 Å². The molecule has 0 aliphatic rings. The van der Waals surface area contributed by atoms with E-state index >= 15 is 0 Å². The number of benzene rings is 5. The Morgan fingerprint density at radius 1 is 0.688 bits per heavy atom. The summed E-state index contributed by atoms with van der Waals surface area (Å²) in [6.45, 7) is 1.84. The molecule has 0 saturated heterocycles. The minimum absolute atomic E-state index is 0.553. The van der Waals surface area contributed by atoms with Crippen molar-refractivity contribution < 1.29 is 0 Å². The van der Waals surface area contributed by atoms with E-state index in [1.807, 2.05) is 19.1 Å². The summed E-state index contributed by atoms with van der Waals surface area (Å²) in [5, 5.41) is 16.8. The lowest BCUT2D eigenvalue weighted by molar-refractivity contribution is 1.45. The standard InChI is InChI=1S/C30H22N2/c1-2-20(19-31)16-30(32)23-9-7-8-21(17-23)22-14-15-28-26-12-4-3-10-24(26)25-11-5-6-13-27(25)29(28)18-22/h2-18H,32H2,1H3/b20-2+,30-16-. The quantitative estimate of drug-likeness (QED) is 0.189. The highest BCUT2D eigenvalue weighted by Crippen LogP contribution is 2.37. The van der Waals surface area contributed by atoms with Gasteiger partial charge in [-0.05, 0) is 74.1 Å². The van der Waals surface area contributed by atoms with Gasteiger partial charge in [0.05, 0.1) is 6.07 Å². The Balaban J connectivity index is 1.71. The van der Waals surface area contributed by atoms with Crippen molar-refractivity contribution in [1.82, 2.24) is 0 Å². The Kier molecular flexibility index (Phi) is 4.94. The lowest BCUT2D eigenvalue weighted by Gasteiger charge is -2.12. The van der Waals surface area contributed by atoms with E-state index in [9.17, 15) is 5.26 Å². The number of fused-ring (bicyclic) bond motifs is 6. The summed E-state index contributed by atoms with van der Waals surface area (Å²) < 4.78 is 0. The molecule has 2 nitrogen and oxygen atoms in total. The molecule has 0 aromatic heterocycles. The summed E-state index contributed by atoms with van der Waals surface area (Å²) in [6, 6.07) is 34.2. The van der Waals surface area contributed by atoms with Crippen LogP contribution in [0.2, 0.25) is 0 Å². The topological polar surface area (TPSA) is 49.8 Å². The summed E-state index contributed by atoms with van der Waals surface area (Å²) in [5.74, 6) is 0. The number of hydrogen-bond acceptors (Lipinski definition) is 2. The molecule has 0 aliphatic carbocycles. The third-order valence-electron chi connectivity index (χ3n) is 6.02. The number of hydrogen-bond donors (Lipinski definition) is 1. The zero-order valence-corrected chi connectivity index (χ0v) is 17.8. The average molecular weight is 411 g/mol. The van der Waals surface area contributed by atoms with E-state index in [0.29, 0.717) is 11.3 Å². The maximum Gasteiger partial charge on any atom is 0.0988 e. The summed E-state index contributed by atoms with van der Waals surface area (Å²) in [4.78, 5) is 0. The molecule has 0 spiro atoms.